The molecule has 5 nitrogen and oxygen atoms in total. The number of nitrogens with one attached hydrogen (secondary N) is 1. The molecule has 0 bridgehead atoms. The van der Waals surface area contributed by atoms with Crippen LogP contribution in [0.5, 0.6) is 0 Å². The van der Waals surface area contributed by atoms with E-state index in [0.29, 0.717) is 12.6 Å². The van der Waals surface area contributed by atoms with Crippen LogP contribution >= 0.6 is 0 Å². The summed E-state index contributed by atoms with van der Waals surface area (Å²) in [5, 5.41) is 3.06. The Labute approximate surface area is 111 Å². The van der Waals surface area contributed by atoms with Crippen LogP contribution in [-0.4, -0.2) is 68.1 Å². The van der Waals surface area contributed by atoms with Gasteiger partial charge in [-0.05, 0) is 46.8 Å². The normalized spacial score (nSPS) is 20.1. The van der Waals surface area contributed by atoms with Gasteiger partial charge in [0, 0.05) is 25.2 Å². The first-order chi connectivity index (χ1) is 8.47. The Morgan fingerprint density at radius 3 is 2.61 bits per heavy atom. The minimum atomic E-state index is 0.136. The highest BCUT2D eigenvalue weighted by Crippen LogP contribution is 2.07. The lowest BCUT2D eigenvalue weighted by atomic mass is 10.1. The molecule has 0 radical (unpaired) electrons. The average molecular weight is 256 g/mol. The Morgan fingerprint density at radius 1 is 1.44 bits per heavy atom. The van der Waals surface area contributed by atoms with Gasteiger partial charge in [-0.25, -0.2) is 0 Å². The minimum Gasteiger partial charge on any atom is -0.352 e. The number of carbonyl (C=O) groups is 1. The van der Waals surface area contributed by atoms with Crippen molar-refractivity contribution in [3.8, 4) is 0 Å². The van der Waals surface area contributed by atoms with Crippen LogP contribution in [0.1, 0.15) is 26.2 Å². The number of hydrogen-bond acceptors (Lipinski definition) is 4. The lowest BCUT2D eigenvalue weighted by Gasteiger charge is -2.29. The number of likely N-dealkylation sites (tertiary alicyclic amines) is 1. The molecule has 0 aromatic rings. The fraction of sp³-hybridized carbons (Fsp3) is 0.923. The molecule has 1 aliphatic rings. The van der Waals surface area contributed by atoms with Crippen LogP contribution in [0, 0.1) is 0 Å². The second kappa shape index (κ2) is 7.71. The third-order valence-electron chi connectivity index (χ3n) is 3.42. The lowest BCUT2D eigenvalue weighted by molar-refractivity contribution is -0.123. The molecule has 1 saturated heterocycles. The molecule has 1 rings (SSSR count). The van der Waals surface area contributed by atoms with E-state index in [1.165, 1.54) is 0 Å². The third kappa shape index (κ3) is 6.33. The lowest BCUT2D eigenvalue weighted by Crippen LogP contribution is -2.46. The minimum absolute atomic E-state index is 0.136. The van der Waals surface area contributed by atoms with E-state index in [-0.39, 0.29) is 11.9 Å². The van der Waals surface area contributed by atoms with Crippen molar-refractivity contribution in [3.63, 3.8) is 0 Å². The van der Waals surface area contributed by atoms with Gasteiger partial charge in [-0.1, -0.05) is 0 Å². The fourth-order valence-corrected chi connectivity index (χ4v) is 2.16. The van der Waals surface area contributed by atoms with Crippen LogP contribution in [-0.2, 0) is 4.79 Å². The topological polar surface area (TPSA) is 61.6 Å². The highest BCUT2D eigenvalue weighted by atomic mass is 16.2. The zero-order valence-corrected chi connectivity index (χ0v) is 12.0. The van der Waals surface area contributed by atoms with Gasteiger partial charge in [0.2, 0.25) is 5.91 Å². The van der Waals surface area contributed by atoms with Gasteiger partial charge in [-0.2, -0.15) is 0 Å². The second-order valence-electron chi connectivity index (χ2n) is 5.67. The monoisotopic (exact) mass is 256 g/mol. The molecule has 5 heteroatoms. The van der Waals surface area contributed by atoms with Crippen molar-refractivity contribution in [2.75, 3.05) is 40.3 Å². The molecule has 1 heterocycles. The van der Waals surface area contributed by atoms with Gasteiger partial charge in [0.25, 0.3) is 0 Å². The maximum Gasteiger partial charge on any atom is 0.234 e. The van der Waals surface area contributed by atoms with Crippen molar-refractivity contribution in [1.29, 1.82) is 0 Å². The van der Waals surface area contributed by atoms with Crippen LogP contribution in [0.25, 0.3) is 0 Å². The smallest absolute Gasteiger partial charge is 0.234 e. The quantitative estimate of drug-likeness (QED) is 0.695. The number of rotatable bonds is 6. The van der Waals surface area contributed by atoms with Crippen molar-refractivity contribution in [3.05, 3.63) is 0 Å². The predicted molar refractivity (Wildman–Crippen MR) is 74.4 cm³/mol. The molecular formula is C13H28N4O. The van der Waals surface area contributed by atoms with Crippen molar-refractivity contribution in [2.24, 2.45) is 5.73 Å². The molecular weight excluding hydrogens is 228 g/mol. The van der Waals surface area contributed by atoms with E-state index < -0.39 is 0 Å². The SMILES string of the molecule is CC(CCN(C)C)NC(=O)CN1CCC(N)CC1. The van der Waals surface area contributed by atoms with E-state index in [0.717, 1.165) is 38.9 Å². The van der Waals surface area contributed by atoms with Gasteiger partial charge in [0.05, 0.1) is 6.54 Å². The number of hydrogen-bond donors (Lipinski definition) is 2. The molecule has 0 spiro atoms. The van der Waals surface area contributed by atoms with Crippen molar-refractivity contribution >= 4 is 5.91 Å². The summed E-state index contributed by atoms with van der Waals surface area (Å²) in [6.45, 7) is 5.47. The van der Waals surface area contributed by atoms with Crippen molar-refractivity contribution < 1.29 is 4.79 Å². The largest absolute Gasteiger partial charge is 0.352 e. The molecule has 3 N–H and O–H groups in total. The molecule has 0 saturated carbocycles. The zero-order valence-electron chi connectivity index (χ0n) is 12.0. The van der Waals surface area contributed by atoms with Crippen LogP contribution in [0.15, 0.2) is 0 Å². The van der Waals surface area contributed by atoms with E-state index in [1.54, 1.807) is 0 Å². The summed E-state index contributed by atoms with van der Waals surface area (Å²) in [4.78, 5) is 16.2. The Kier molecular flexibility index (Phi) is 6.60. The molecule has 0 aliphatic carbocycles. The number of nitrogens with zero attached hydrogens (tertiary/aromatic N) is 2. The van der Waals surface area contributed by atoms with Gasteiger partial charge in [-0.3, -0.25) is 9.69 Å². The van der Waals surface area contributed by atoms with E-state index in [4.69, 9.17) is 5.73 Å². The molecule has 1 unspecified atom stereocenters. The summed E-state index contributed by atoms with van der Waals surface area (Å²) >= 11 is 0. The molecule has 18 heavy (non-hydrogen) atoms. The zero-order chi connectivity index (χ0) is 13.5. The van der Waals surface area contributed by atoms with Gasteiger partial charge in [0.1, 0.15) is 0 Å². The molecule has 1 atom stereocenters. The second-order valence-corrected chi connectivity index (χ2v) is 5.67. The Bertz CT molecular complexity index is 249. The van der Waals surface area contributed by atoms with Crippen LogP contribution in [0.3, 0.4) is 0 Å². The van der Waals surface area contributed by atoms with Crippen molar-refractivity contribution in [1.82, 2.24) is 15.1 Å². The molecule has 0 aromatic carbocycles. The fourth-order valence-electron chi connectivity index (χ4n) is 2.16. The van der Waals surface area contributed by atoms with Crippen LogP contribution < -0.4 is 11.1 Å². The van der Waals surface area contributed by atoms with Gasteiger partial charge in [0.15, 0.2) is 0 Å². The van der Waals surface area contributed by atoms with E-state index in [2.05, 4.69) is 22.0 Å². The van der Waals surface area contributed by atoms with E-state index in [1.807, 2.05) is 14.1 Å². The predicted octanol–water partition coefficient (Wildman–Crippen LogP) is -0.134. The Hall–Kier alpha value is -0.650. The molecule has 106 valence electrons. The van der Waals surface area contributed by atoms with Gasteiger partial charge >= 0.3 is 0 Å². The molecule has 0 aromatic heterocycles. The summed E-state index contributed by atoms with van der Waals surface area (Å²) in [5.74, 6) is 0.136. The molecule has 1 amide bonds. The maximum absolute atomic E-state index is 11.9. The summed E-state index contributed by atoms with van der Waals surface area (Å²) < 4.78 is 0. The summed E-state index contributed by atoms with van der Waals surface area (Å²) in [6.07, 6.45) is 3.00. The number of nitrogens with two attached hydrogens (primary N) is 1. The first-order valence-corrected chi connectivity index (χ1v) is 6.89. The first kappa shape index (κ1) is 15.4. The Balaban J connectivity index is 2.16. The molecule has 1 aliphatic heterocycles. The third-order valence-corrected chi connectivity index (χ3v) is 3.42. The molecule has 1 fully saturated rings. The number of carbonyl (C=O) groups excluding carboxylic acids is 1. The Morgan fingerprint density at radius 2 is 2.06 bits per heavy atom. The number of amides is 1. The standard InChI is InChI=1S/C13H28N4O/c1-11(4-7-16(2)3)15-13(18)10-17-8-5-12(14)6-9-17/h11-12H,4-10,14H2,1-3H3,(H,15,18). The summed E-state index contributed by atoms with van der Waals surface area (Å²) in [7, 11) is 4.09. The van der Waals surface area contributed by atoms with Gasteiger partial charge in [-0.15, -0.1) is 0 Å². The summed E-state index contributed by atoms with van der Waals surface area (Å²) in [6, 6.07) is 0.565. The highest BCUT2D eigenvalue weighted by molar-refractivity contribution is 5.78. The first-order valence-electron chi connectivity index (χ1n) is 6.89. The highest BCUT2D eigenvalue weighted by Gasteiger charge is 2.18. The van der Waals surface area contributed by atoms with E-state index >= 15 is 0 Å². The number of piperidine rings is 1. The maximum atomic E-state index is 11.9. The summed E-state index contributed by atoms with van der Waals surface area (Å²) in [5.41, 5.74) is 5.84. The van der Waals surface area contributed by atoms with Crippen molar-refractivity contribution in [2.45, 2.75) is 38.3 Å². The van der Waals surface area contributed by atoms with Gasteiger partial charge < -0.3 is 16.0 Å². The van der Waals surface area contributed by atoms with Crippen LogP contribution in [0.4, 0.5) is 0 Å². The van der Waals surface area contributed by atoms with Crippen LogP contribution in [0.2, 0.25) is 0 Å². The average Bonchev–Trinajstić information content (AvgIpc) is 2.29. The van der Waals surface area contributed by atoms with E-state index in [9.17, 15) is 4.79 Å².